The molecule has 252 valence electrons. The number of nitrogens with zero attached hydrogens (tertiary/aromatic N) is 1. The monoisotopic (exact) mass is 679 g/mol. The lowest BCUT2D eigenvalue weighted by atomic mass is 9.82. The van der Waals surface area contributed by atoms with Crippen LogP contribution >= 0.6 is 0 Å². The van der Waals surface area contributed by atoms with Gasteiger partial charge >= 0.3 is 0 Å². The van der Waals surface area contributed by atoms with Crippen molar-refractivity contribution in [3.63, 3.8) is 0 Å². The Bertz CT molecular complexity index is 2790. The first-order chi connectivity index (χ1) is 26.0. The van der Waals surface area contributed by atoms with Crippen molar-refractivity contribution in [2.24, 2.45) is 0 Å². The van der Waals surface area contributed by atoms with Crippen molar-refractivity contribution in [3.8, 4) is 44.5 Å². The summed E-state index contributed by atoms with van der Waals surface area (Å²) in [5, 5.41) is 2.29. The highest BCUT2D eigenvalue weighted by molar-refractivity contribution is 6.12. The molecule has 1 aliphatic rings. The van der Waals surface area contributed by atoms with E-state index >= 15 is 0 Å². The second-order valence-corrected chi connectivity index (χ2v) is 14.6. The molecule has 9 aromatic rings. The van der Waals surface area contributed by atoms with Crippen LogP contribution in [0.2, 0.25) is 0 Å². The minimum Gasteiger partial charge on any atom is -0.456 e. The normalized spacial score (nSPS) is 12.9. The second kappa shape index (κ2) is 12.3. The Morgan fingerprint density at radius 3 is 1.75 bits per heavy atom. The van der Waals surface area contributed by atoms with Crippen LogP contribution in [0.4, 0.5) is 17.1 Å². The third kappa shape index (κ3) is 5.18. The van der Waals surface area contributed by atoms with Crippen molar-refractivity contribution in [1.29, 1.82) is 0 Å². The van der Waals surface area contributed by atoms with Crippen LogP contribution in [0.3, 0.4) is 0 Å². The summed E-state index contributed by atoms with van der Waals surface area (Å²) in [6, 6.07) is 67.9. The fourth-order valence-corrected chi connectivity index (χ4v) is 8.41. The standard InChI is InChI=1S/C51H37NO/c1-51(2)46-19-8-6-16-43(46)45-33-38(26-31-47(45)51)37-14-10-15-41(32-37)52(39-27-22-35(23-28-39)34-12-4-3-5-13-34)40-29-24-36(25-30-40)42-18-11-21-49-50(42)44-17-7-9-20-48(44)53-49/h3-33H,1-2H3. The van der Waals surface area contributed by atoms with Crippen LogP contribution < -0.4 is 4.90 Å². The molecule has 0 saturated carbocycles. The number of anilines is 3. The average Bonchev–Trinajstić information content (AvgIpc) is 3.71. The molecule has 1 aromatic heterocycles. The molecule has 0 bridgehead atoms. The highest BCUT2D eigenvalue weighted by atomic mass is 16.3. The van der Waals surface area contributed by atoms with Crippen LogP contribution in [0.1, 0.15) is 25.0 Å². The first-order valence-electron chi connectivity index (χ1n) is 18.3. The zero-order valence-electron chi connectivity index (χ0n) is 29.8. The first-order valence-corrected chi connectivity index (χ1v) is 18.3. The minimum atomic E-state index is -0.0165. The van der Waals surface area contributed by atoms with Gasteiger partial charge in [-0.15, -0.1) is 0 Å². The van der Waals surface area contributed by atoms with Crippen molar-refractivity contribution in [3.05, 3.63) is 199 Å². The number of furan rings is 1. The van der Waals surface area contributed by atoms with Crippen LogP contribution in [-0.4, -0.2) is 0 Å². The molecule has 0 N–H and O–H groups in total. The Hall–Kier alpha value is -6.64. The Balaban J connectivity index is 1.08. The van der Waals surface area contributed by atoms with E-state index in [1.807, 2.05) is 12.1 Å². The van der Waals surface area contributed by atoms with E-state index in [0.717, 1.165) is 44.6 Å². The summed E-state index contributed by atoms with van der Waals surface area (Å²) >= 11 is 0. The van der Waals surface area contributed by atoms with E-state index in [-0.39, 0.29) is 5.41 Å². The molecular weight excluding hydrogens is 643 g/mol. The van der Waals surface area contributed by atoms with E-state index in [9.17, 15) is 0 Å². The third-order valence-electron chi connectivity index (χ3n) is 11.1. The van der Waals surface area contributed by atoms with Crippen molar-refractivity contribution in [2.75, 3.05) is 4.90 Å². The lowest BCUT2D eigenvalue weighted by molar-refractivity contribution is 0.660. The van der Waals surface area contributed by atoms with E-state index in [4.69, 9.17) is 4.42 Å². The number of benzene rings is 8. The first kappa shape index (κ1) is 31.1. The molecule has 2 heteroatoms. The van der Waals surface area contributed by atoms with Crippen LogP contribution in [0.25, 0.3) is 66.4 Å². The lowest BCUT2D eigenvalue weighted by Crippen LogP contribution is -2.14. The van der Waals surface area contributed by atoms with Gasteiger partial charge in [0.15, 0.2) is 0 Å². The van der Waals surface area contributed by atoms with Gasteiger partial charge in [-0.3, -0.25) is 0 Å². The van der Waals surface area contributed by atoms with Gasteiger partial charge in [-0.1, -0.05) is 147 Å². The Morgan fingerprint density at radius 1 is 0.377 bits per heavy atom. The largest absolute Gasteiger partial charge is 0.456 e. The van der Waals surface area contributed by atoms with E-state index in [0.29, 0.717) is 0 Å². The molecule has 2 nitrogen and oxygen atoms in total. The molecule has 8 aromatic carbocycles. The maximum Gasteiger partial charge on any atom is 0.136 e. The van der Waals surface area contributed by atoms with Gasteiger partial charge in [0, 0.05) is 33.2 Å². The zero-order chi connectivity index (χ0) is 35.5. The quantitative estimate of drug-likeness (QED) is 0.174. The SMILES string of the molecule is CC1(C)c2ccccc2-c2cc(-c3cccc(N(c4ccc(-c5ccccc5)cc4)c4ccc(-c5cccc6oc7ccccc7c56)cc4)c3)ccc21. The molecule has 0 fully saturated rings. The molecule has 0 amide bonds. The average molecular weight is 680 g/mol. The maximum absolute atomic E-state index is 6.23. The van der Waals surface area contributed by atoms with Gasteiger partial charge in [0.05, 0.1) is 0 Å². The molecule has 53 heavy (non-hydrogen) atoms. The van der Waals surface area contributed by atoms with Crippen LogP contribution in [0, 0.1) is 0 Å². The molecule has 0 radical (unpaired) electrons. The van der Waals surface area contributed by atoms with Crippen molar-refractivity contribution >= 4 is 39.0 Å². The number of para-hydroxylation sites is 1. The molecule has 0 spiro atoms. The molecule has 1 aliphatic carbocycles. The van der Waals surface area contributed by atoms with Gasteiger partial charge in [-0.05, 0) is 110 Å². The second-order valence-electron chi connectivity index (χ2n) is 14.6. The summed E-state index contributed by atoms with van der Waals surface area (Å²) in [6.07, 6.45) is 0. The third-order valence-corrected chi connectivity index (χ3v) is 11.1. The fraction of sp³-hybridized carbons (Fsp3) is 0.0588. The van der Waals surface area contributed by atoms with Crippen molar-refractivity contribution in [2.45, 2.75) is 19.3 Å². The van der Waals surface area contributed by atoms with Gasteiger partial charge < -0.3 is 9.32 Å². The highest BCUT2D eigenvalue weighted by Gasteiger charge is 2.35. The molecule has 0 saturated heterocycles. The summed E-state index contributed by atoms with van der Waals surface area (Å²) in [6.45, 7) is 4.67. The predicted molar refractivity (Wildman–Crippen MR) is 222 cm³/mol. The molecule has 10 rings (SSSR count). The van der Waals surface area contributed by atoms with Gasteiger partial charge in [0.25, 0.3) is 0 Å². The van der Waals surface area contributed by atoms with Gasteiger partial charge in [0.2, 0.25) is 0 Å². The number of rotatable bonds is 6. The maximum atomic E-state index is 6.23. The Kier molecular flexibility index (Phi) is 7.19. The van der Waals surface area contributed by atoms with Crippen LogP contribution in [-0.2, 0) is 5.41 Å². The van der Waals surface area contributed by atoms with Gasteiger partial charge in [-0.25, -0.2) is 0 Å². The van der Waals surface area contributed by atoms with Crippen molar-refractivity contribution in [1.82, 2.24) is 0 Å². The van der Waals surface area contributed by atoms with Gasteiger partial charge in [-0.2, -0.15) is 0 Å². The summed E-state index contributed by atoms with van der Waals surface area (Å²) in [5.74, 6) is 0. The molecule has 0 aliphatic heterocycles. The number of hydrogen-bond donors (Lipinski definition) is 0. The van der Waals surface area contributed by atoms with E-state index in [1.54, 1.807) is 0 Å². The smallest absolute Gasteiger partial charge is 0.136 e. The topological polar surface area (TPSA) is 16.4 Å². The van der Waals surface area contributed by atoms with E-state index in [2.05, 4.69) is 195 Å². The molecular formula is C51H37NO. The van der Waals surface area contributed by atoms with Gasteiger partial charge in [0.1, 0.15) is 11.2 Å². The lowest BCUT2D eigenvalue weighted by Gasteiger charge is -2.26. The summed E-state index contributed by atoms with van der Waals surface area (Å²) < 4.78 is 6.23. The predicted octanol–water partition coefficient (Wildman–Crippen LogP) is 14.4. The molecule has 0 unspecified atom stereocenters. The highest BCUT2D eigenvalue weighted by Crippen LogP contribution is 2.50. The summed E-state index contributed by atoms with van der Waals surface area (Å²) in [5.41, 5.74) is 17.7. The van der Waals surface area contributed by atoms with Crippen molar-refractivity contribution < 1.29 is 4.42 Å². The molecule has 0 atom stereocenters. The van der Waals surface area contributed by atoms with Crippen LogP contribution in [0.15, 0.2) is 192 Å². The van der Waals surface area contributed by atoms with Crippen LogP contribution in [0.5, 0.6) is 0 Å². The Labute approximate surface area is 310 Å². The number of hydrogen-bond acceptors (Lipinski definition) is 2. The summed E-state index contributed by atoms with van der Waals surface area (Å²) in [7, 11) is 0. The fourth-order valence-electron chi connectivity index (χ4n) is 8.41. The minimum absolute atomic E-state index is 0.0165. The number of fused-ring (bicyclic) bond motifs is 6. The summed E-state index contributed by atoms with van der Waals surface area (Å²) in [4.78, 5) is 2.36. The zero-order valence-corrected chi connectivity index (χ0v) is 29.8. The molecule has 1 heterocycles. The van der Waals surface area contributed by atoms with E-state index < -0.39 is 0 Å². The van der Waals surface area contributed by atoms with E-state index in [1.165, 1.54) is 50.1 Å². The Morgan fingerprint density at radius 2 is 0.943 bits per heavy atom.